The molecular formula is C28H34N6O3. The van der Waals surface area contributed by atoms with Crippen molar-refractivity contribution >= 4 is 23.1 Å². The molecule has 194 valence electrons. The average molecular weight is 503 g/mol. The second-order valence-corrected chi connectivity index (χ2v) is 10.3. The molecule has 6 heterocycles. The number of fused-ring (bicyclic) bond motifs is 2. The van der Waals surface area contributed by atoms with Crippen LogP contribution in [-0.4, -0.2) is 84.2 Å². The zero-order valence-corrected chi connectivity index (χ0v) is 21.8. The van der Waals surface area contributed by atoms with E-state index in [1.165, 1.54) is 0 Å². The van der Waals surface area contributed by atoms with Gasteiger partial charge in [0.05, 0.1) is 30.2 Å². The van der Waals surface area contributed by atoms with Crippen LogP contribution >= 0.6 is 0 Å². The summed E-state index contributed by atoms with van der Waals surface area (Å²) in [6.45, 7) is 12.4. The lowest BCUT2D eigenvalue weighted by Gasteiger charge is -2.43. The molecular weight excluding hydrogens is 468 g/mol. The Morgan fingerprint density at radius 1 is 1.19 bits per heavy atom. The van der Waals surface area contributed by atoms with Crippen LogP contribution in [-0.2, 0) is 9.53 Å². The summed E-state index contributed by atoms with van der Waals surface area (Å²) >= 11 is 0. The topological polar surface area (TPSA) is 83.1 Å². The maximum absolute atomic E-state index is 12.1. The largest absolute Gasteiger partial charge is 0.482 e. The molecule has 2 aromatic rings. The Bertz CT molecular complexity index is 1260. The van der Waals surface area contributed by atoms with Crippen LogP contribution in [0.2, 0.25) is 0 Å². The van der Waals surface area contributed by atoms with Crippen molar-refractivity contribution in [3.05, 3.63) is 35.3 Å². The molecule has 4 aliphatic rings. The molecule has 1 amide bonds. The SMILES string of the molecule is CC#CC(=O)N1CC[C@@H](N2CC(c3cc4c(c(C)n3)O[C@H](C)c3c(N5CCOCC5)ccnc3N4)C2)C1. The lowest BCUT2D eigenvalue weighted by atomic mass is 9.92. The van der Waals surface area contributed by atoms with Crippen molar-refractivity contribution in [1.82, 2.24) is 19.8 Å². The maximum Gasteiger partial charge on any atom is 0.298 e. The number of nitrogens with one attached hydrogen (secondary N) is 1. The first-order valence-electron chi connectivity index (χ1n) is 13.2. The minimum Gasteiger partial charge on any atom is -0.482 e. The molecule has 3 saturated heterocycles. The number of rotatable bonds is 3. The summed E-state index contributed by atoms with van der Waals surface area (Å²) in [5.74, 6) is 7.32. The fraction of sp³-hybridized carbons (Fsp3) is 0.536. The van der Waals surface area contributed by atoms with E-state index in [1.54, 1.807) is 6.92 Å². The highest BCUT2D eigenvalue weighted by Gasteiger charge is 2.39. The Morgan fingerprint density at radius 2 is 2.00 bits per heavy atom. The van der Waals surface area contributed by atoms with Gasteiger partial charge in [0.15, 0.2) is 5.75 Å². The number of carbonyl (C=O) groups excluding carboxylic acids is 1. The summed E-state index contributed by atoms with van der Waals surface area (Å²) in [5.41, 5.74) is 5.11. The average Bonchev–Trinajstić information content (AvgIpc) is 3.30. The Morgan fingerprint density at radius 3 is 2.78 bits per heavy atom. The van der Waals surface area contributed by atoms with E-state index in [-0.39, 0.29) is 12.0 Å². The first-order chi connectivity index (χ1) is 18.0. The minimum absolute atomic E-state index is 0.0592. The van der Waals surface area contributed by atoms with Gasteiger partial charge in [-0.3, -0.25) is 14.7 Å². The van der Waals surface area contributed by atoms with Gasteiger partial charge in [0.25, 0.3) is 5.91 Å². The summed E-state index contributed by atoms with van der Waals surface area (Å²) in [7, 11) is 0. The van der Waals surface area contributed by atoms with Gasteiger partial charge in [0, 0.05) is 68.8 Å². The van der Waals surface area contributed by atoms with E-state index >= 15 is 0 Å². The first-order valence-corrected chi connectivity index (χ1v) is 13.2. The highest BCUT2D eigenvalue weighted by Crippen LogP contribution is 2.44. The number of hydrogen-bond acceptors (Lipinski definition) is 8. The number of nitrogens with zero attached hydrogens (tertiary/aromatic N) is 5. The van der Waals surface area contributed by atoms with Crippen LogP contribution < -0.4 is 15.0 Å². The standard InChI is InChI=1S/C28H34N6O3/c1-4-5-25(35)33-9-7-21(17-33)34-15-20(16-34)22-14-23-27(18(2)30-22)37-19(3)26-24(6-8-29-28(26)31-23)32-10-12-36-13-11-32/h6,8,14,19-21H,7,9-13,15-17H2,1-3H3,(H,29,31)/t19-,21-/m1/s1. The lowest BCUT2D eigenvalue weighted by molar-refractivity contribution is -0.124. The first kappa shape index (κ1) is 24.0. The summed E-state index contributed by atoms with van der Waals surface area (Å²) < 4.78 is 12.1. The van der Waals surface area contributed by atoms with Gasteiger partial charge in [-0.25, -0.2) is 4.98 Å². The fourth-order valence-corrected chi connectivity index (χ4v) is 5.95. The third kappa shape index (κ3) is 4.49. The van der Waals surface area contributed by atoms with Gasteiger partial charge in [-0.1, -0.05) is 5.92 Å². The number of amides is 1. The smallest absolute Gasteiger partial charge is 0.298 e. The molecule has 9 nitrogen and oxygen atoms in total. The molecule has 0 bridgehead atoms. The molecule has 2 aromatic heterocycles. The maximum atomic E-state index is 12.1. The van der Waals surface area contributed by atoms with Crippen molar-refractivity contribution < 1.29 is 14.3 Å². The van der Waals surface area contributed by atoms with E-state index in [0.29, 0.717) is 12.0 Å². The Hall–Kier alpha value is -3.35. The lowest BCUT2D eigenvalue weighted by Crippen LogP contribution is -2.52. The minimum atomic E-state index is -0.161. The number of hydrogen-bond donors (Lipinski definition) is 1. The predicted molar refractivity (Wildman–Crippen MR) is 141 cm³/mol. The Kier molecular flexibility index (Phi) is 6.39. The highest BCUT2D eigenvalue weighted by molar-refractivity contribution is 5.93. The number of carbonyl (C=O) groups is 1. The molecule has 6 rings (SSSR count). The van der Waals surface area contributed by atoms with Crippen molar-refractivity contribution in [3.63, 3.8) is 0 Å². The van der Waals surface area contributed by atoms with E-state index in [9.17, 15) is 4.79 Å². The van der Waals surface area contributed by atoms with Crippen molar-refractivity contribution in [2.24, 2.45) is 0 Å². The van der Waals surface area contributed by atoms with Gasteiger partial charge in [-0.05, 0) is 45.2 Å². The molecule has 0 spiro atoms. The Balaban J connectivity index is 1.19. The molecule has 0 saturated carbocycles. The van der Waals surface area contributed by atoms with E-state index < -0.39 is 0 Å². The number of likely N-dealkylation sites (tertiary alicyclic amines) is 2. The van der Waals surface area contributed by atoms with Crippen molar-refractivity contribution in [2.45, 2.75) is 45.3 Å². The van der Waals surface area contributed by atoms with Gasteiger partial charge in [-0.2, -0.15) is 0 Å². The number of morpholine rings is 1. The third-order valence-electron chi connectivity index (χ3n) is 7.96. The summed E-state index contributed by atoms with van der Waals surface area (Å²) in [4.78, 5) is 28.5. The van der Waals surface area contributed by atoms with E-state index in [1.807, 2.05) is 18.0 Å². The van der Waals surface area contributed by atoms with Gasteiger partial charge in [0.2, 0.25) is 0 Å². The van der Waals surface area contributed by atoms with Crippen molar-refractivity contribution in [1.29, 1.82) is 0 Å². The molecule has 0 aromatic carbocycles. The summed E-state index contributed by atoms with van der Waals surface area (Å²) in [6, 6.07) is 4.61. The fourth-order valence-electron chi connectivity index (χ4n) is 5.95. The predicted octanol–water partition coefficient (Wildman–Crippen LogP) is 2.84. The molecule has 4 aliphatic heterocycles. The van der Waals surface area contributed by atoms with Crippen LogP contribution in [0.3, 0.4) is 0 Å². The van der Waals surface area contributed by atoms with Crippen molar-refractivity contribution in [3.8, 4) is 17.6 Å². The molecule has 0 unspecified atom stereocenters. The van der Waals surface area contributed by atoms with Crippen LogP contribution in [0, 0.1) is 18.8 Å². The molecule has 0 radical (unpaired) electrons. The van der Waals surface area contributed by atoms with Crippen LogP contribution in [0.5, 0.6) is 5.75 Å². The molecule has 1 N–H and O–H groups in total. The van der Waals surface area contributed by atoms with E-state index in [0.717, 1.165) is 98.8 Å². The zero-order valence-electron chi connectivity index (χ0n) is 21.8. The molecule has 0 aliphatic carbocycles. The van der Waals surface area contributed by atoms with E-state index in [2.05, 4.69) is 46.0 Å². The van der Waals surface area contributed by atoms with Crippen LogP contribution in [0.25, 0.3) is 0 Å². The van der Waals surface area contributed by atoms with Gasteiger partial charge < -0.3 is 24.6 Å². The number of anilines is 3. The monoisotopic (exact) mass is 502 g/mol. The second-order valence-electron chi connectivity index (χ2n) is 10.3. The van der Waals surface area contributed by atoms with E-state index in [4.69, 9.17) is 19.4 Å². The third-order valence-corrected chi connectivity index (χ3v) is 7.96. The quantitative estimate of drug-likeness (QED) is 0.642. The second kappa shape index (κ2) is 9.84. The van der Waals surface area contributed by atoms with Crippen LogP contribution in [0.1, 0.15) is 49.2 Å². The van der Waals surface area contributed by atoms with Gasteiger partial charge in [-0.15, -0.1) is 0 Å². The Labute approximate surface area is 218 Å². The van der Waals surface area contributed by atoms with Gasteiger partial charge in [0.1, 0.15) is 11.9 Å². The number of pyridine rings is 2. The number of aryl methyl sites for hydroxylation is 1. The summed E-state index contributed by atoms with van der Waals surface area (Å²) in [5, 5.41) is 3.59. The molecule has 37 heavy (non-hydrogen) atoms. The summed E-state index contributed by atoms with van der Waals surface area (Å²) in [6.07, 6.45) is 2.71. The molecule has 9 heteroatoms. The number of ether oxygens (including phenoxy) is 2. The molecule has 2 atom stereocenters. The van der Waals surface area contributed by atoms with Crippen molar-refractivity contribution in [2.75, 3.05) is 62.7 Å². The highest BCUT2D eigenvalue weighted by atomic mass is 16.5. The van der Waals surface area contributed by atoms with Crippen LogP contribution in [0.4, 0.5) is 17.2 Å². The zero-order chi connectivity index (χ0) is 25.5. The van der Waals surface area contributed by atoms with Gasteiger partial charge >= 0.3 is 0 Å². The molecule has 3 fully saturated rings. The number of aromatic nitrogens is 2. The van der Waals surface area contributed by atoms with Crippen LogP contribution in [0.15, 0.2) is 18.3 Å². The normalized spacial score (nSPS) is 23.5.